The minimum absolute atomic E-state index is 0.0154. The Morgan fingerprint density at radius 3 is 1.67 bits per heavy atom. The molecule has 0 rings (SSSR count). The molecular weight excluding hydrogens is 372 g/mol. The quantitative estimate of drug-likeness (QED) is 0.265. The molecule has 0 aliphatic heterocycles. The summed E-state index contributed by atoms with van der Waals surface area (Å²) < 4.78 is 15.7. The van der Waals surface area contributed by atoms with Crippen LogP contribution in [0.25, 0.3) is 0 Å². The van der Waals surface area contributed by atoms with Crippen LogP contribution in [0.15, 0.2) is 0 Å². The maximum Gasteiger partial charge on any atom is 0.318 e. The zero-order valence-electron chi connectivity index (χ0n) is 14.0. The second kappa shape index (κ2) is 12.8. The molecule has 0 aliphatic rings. The van der Waals surface area contributed by atoms with Gasteiger partial charge in [-0.25, -0.2) is 0 Å². The summed E-state index contributed by atoms with van der Waals surface area (Å²) in [4.78, 5) is 34.8. The number of hydrogen-bond donors (Lipinski definition) is 3. The fourth-order valence-corrected chi connectivity index (χ4v) is 2.01. The summed E-state index contributed by atoms with van der Waals surface area (Å²) in [5.74, 6) is -0.543. The molecule has 0 spiro atoms. The molecule has 0 amide bonds. The molecule has 0 N–H and O–H groups in total. The summed E-state index contributed by atoms with van der Waals surface area (Å²) in [5, 5.41) is -0.571. The molecule has 0 aliphatic carbocycles. The lowest BCUT2D eigenvalue weighted by Gasteiger charge is -2.31. The van der Waals surface area contributed by atoms with Crippen molar-refractivity contribution in [3.8, 4) is 0 Å². The Morgan fingerprint density at radius 2 is 1.33 bits per heavy atom. The third kappa shape index (κ3) is 9.68. The van der Waals surface area contributed by atoms with Crippen LogP contribution in [0, 0.1) is 5.41 Å². The van der Waals surface area contributed by atoms with E-state index >= 15 is 0 Å². The van der Waals surface area contributed by atoms with Crippen molar-refractivity contribution in [1.82, 2.24) is 0 Å². The first-order valence-corrected chi connectivity index (χ1v) is 9.46. The van der Waals surface area contributed by atoms with Crippen molar-refractivity contribution in [1.29, 1.82) is 0 Å². The fourth-order valence-electron chi connectivity index (χ4n) is 1.57. The van der Waals surface area contributed by atoms with Crippen LogP contribution < -0.4 is 0 Å². The molecule has 0 aromatic heterocycles. The lowest BCUT2D eigenvalue weighted by molar-refractivity contribution is -0.161. The molecule has 1 unspecified atom stereocenters. The van der Waals surface area contributed by atoms with Gasteiger partial charge in [0.25, 0.3) is 0 Å². The first-order chi connectivity index (χ1) is 11.3. The van der Waals surface area contributed by atoms with Gasteiger partial charge in [-0.05, 0) is 13.3 Å². The van der Waals surface area contributed by atoms with Gasteiger partial charge in [0, 0.05) is 11.5 Å². The van der Waals surface area contributed by atoms with Crippen LogP contribution in [0.3, 0.4) is 0 Å². The van der Waals surface area contributed by atoms with E-state index in [-0.39, 0.29) is 32.7 Å². The molecule has 0 heterocycles. The maximum absolute atomic E-state index is 11.7. The highest BCUT2D eigenvalue weighted by Crippen LogP contribution is 2.25. The average molecular weight is 399 g/mol. The SMILES string of the molecule is CCC(COC(=O)CCS)(COC(=O)CCS)COC(=O)C(C)S. The van der Waals surface area contributed by atoms with Gasteiger partial charge in [-0.1, -0.05) is 6.92 Å². The van der Waals surface area contributed by atoms with Crippen molar-refractivity contribution < 1.29 is 28.6 Å². The highest BCUT2D eigenvalue weighted by atomic mass is 32.1. The molecule has 0 radical (unpaired) electrons. The topological polar surface area (TPSA) is 78.9 Å². The van der Waals surface area contributed by atoms with E-state index in [0.717, 1.165) is 0 Å². The molecule has 0 saturated heterocycles. The number of hydrogen-bond acceptors (Lipinski definition) is 9. The van der Waals surface area contributed by atoms with E-state index in [1.165, 1.54) is 0 Å². The highest BCUT2D eigenvalue weighted by molar-refractivity contribution is 7.81. The molecule has 0 fully saturated rings. The normalized spacial score (nSPS) is 12.4. The van der Waals surface area contributed by atoms with Crippen LogP contribution in [0.1, 0.15) is 33.1 Å². The Bertz CT molecular complexity index is 392. The maximum atomic E-state index is 11.7. The third-order valence-corrected chi connectivity index (χ3v) is 3.98. The van der Waals surface area contributed by atoms with E-state index in [4.69, 9.17) is 14.2 Å². The molecule has 9 heteroatoms. The standard InChI is InChI=1S/C15H26O6S3/c1-3-15(8-19-12(16)4-6-22,9-20-13(17)5-7-23)10-21-14(18)11(2)24/h11,22-24H,3-10H2,1-2H3. The molecule has 0 bridgehead atoms. The highest BCUT2D eigenvalue weighted by Gasteiger charge is 2.34. The van der Waals surface area contributed by atoms with Gasteiger partial charge in [-0.2, -0.15) is 37.9 Å². The van der Waals surface area contributed by atoms with Crippen LogP contribution in [0.5, 0.6) is 0 Å². The Balaban J connectivity index is 4.88. The number of esters is 3. The predicted molar refractivity (Wildman–Crippen MR) is 101 cm³/mol. The van der Waals surface area contributed by atoms with Crippen molar-refractivity contribution >= 4 is 55.8 Å². The number of rotatable bonds is 12. The molecule has 6 nitrogen and oxygen atoms in total. The van der Waals surface area contributed by atoms with Gasteiger partial charge in [0.2, 0.25) is 0 Å². The van der Waals surface area contributed by atoms with Gasteiger partial charge in [0.1, 0.15) is 19.8 Å². The molecule has 1 atom stereocenters. The molecule has 0 aromatic rings. The number of carbonyl (C=O) groups excluding carboxylic acids is 3. The minimum Gasteiger partial charge on any atom is -0.465 e. The molecule has 24 heavy (non-hydrogen) atoms. The average Bonchev–Trinajstić information content (AvgIpc) is 2.54. The molecule has 140 valence electrons. The van der Waals surface area contributed by atoms with Gasteiger partial charge < -0.3 is 14.2 Å². The lowest BCUT2D eigenvalue weighted by atomic mass is 9.88. The first-order valence-electron chi connectivity index (χ1n) is 7.68. The molecule has 0 saturated carbocycles. The fraction of sp³-hybridized carbons (Fsp3) is 0.800. The van der Waals surface area contributed by atoms with Crippen LogP contribution >= 0.6 is 37.9 Å². The Labute approximate surface area is 159 Å². The van der Waals surface area contributed by atoms with E-state index in [1.54, 1.807) is 6.92 Å². The predicted octanol–water partition coefficient (Wildman–Crippen LogP) is 1.97. The summed E-state index contributed by atoms with van der Waals surface area (Å²) >= 11 is 12.0. The van der Waals surface area contributed by atoms with E-state index < -0.39 is 28.6 Å². The number of ether oxygens (including phenoxy) is 3. The van der Waals surface area contributed by atoms with Crippen LogP contribution in [-0.4, -0.2) is 54.5 Å². The Morgan fingerprint density at radius 1 is 0.917 bits per heavy atom. The summed E-state index contributed by atoms with van der Waals surface area (Å²) in [6.45, 7) is 3.38. The van der Waals surface area contributed by atoms with Crippen LogP contribution in [0.4, 0.5) is 0 Å². The largest absolute Gasteiger partial charge is 0.465 e. The first kappa shape index (κ1) is 23.5. The van der Waals surface area contributed by atoms with Crippen LogP contribution in [-0.2, 0) is 28.6 Å². The van der Waals surface area contributed by atoms with Crippen molar-refractivity contribution in [2.24, 2.45) is 5.41 Å². The summed E-state index contributed by atoms with van der Waals surface area (Å²) in [7, 11) is 0. The van der Waals surface area contributed by atoms with Crippen LogP contribution in [0.2, 0.25) is 0 Å². The van der Waals surface area contributed by atoms with Gasteiger partial charge in [0.05, 0.1) is 23.5 Å². The summed E-state index contributed by atoms with van der Waals surface area (Å²) in [6.07, 6.45) is 0.842. The van der Waals surface area contributed by atoms with Crippen molar-refractivity contribution in [3.63, 3.8) is 0 Å². The zero-order valence-corrected chi connectivity index (χ0v) is 16.7. The number of thiol groups is 3. The van der Waals surface area contributed by atoms with E-state index in [1.807, 2.05) is 6.92 Å². The van der Waals surface area contributed by atoms with Crippen molar-refractivity contribution in [2.75, 3.05) is 31.3 Å². The van der Waals surface area contributed by atoms with E-state index in [0.29, 0.717) is 17.9 Å². The van der Waals surface area contributed by atoms with Gasteiger partial charge in [0.15, 0.2) is 0 Å². The van der Waals surface area contributed by atoms with E-state index in [9.17, 15) is 14.4 Å². The second-order valence-electron chi connectivity index (χ2n) is 5.41. The van der Waals surface area contributed by atoms with Gasteiger partial charge >= 0.3 is 17.9 Å². The molecular formula is C15H26O6S3. The smallest absolute Gasteiger partial charge is 0.318 e. The minimum atomic E-state index is -0.795. The Hall–Kier alpha value is -0.540. The lowest BCUT2D eigenvalue weighted by Crippen LogP contribution is -2.39. The summed E-state index contributed by atoms with van der Waals surface area (Å²) in [5.41, 5.74) is -0.795. The Kier molecular flexibility index (Phi) is 12.5. The second-order valence-corrected chi connectivity index (χ2v) is 7.07. The number of carbonyl (C=O) groups is 3. The van der Waals surface area contributed by atoms with Crippen molar-refractivity contribution in [3.05, 3.63) is 0 Å². The third-order valence-electron chi connectivity index (χ3n) is 3.32. The monoisotopic (exact) mass is 398 g/mol. The van der Waals surface area contributed by atoms with Gasteiger partial charge in [-0.15, -0.1) is 0 Å². The van der Waals surface area contributed by atoms with E-state index in [2.05, 4.69) is 37.9 Å². The molecule has 0 aromatic carbocycles. The summed E-state index contributed by atoms with van der Waals surface area (Å²) in [6, 6.07) is 0. The van der Waals surface area contributed by atoms with Gasteiger partial charge in [-0.3, -0.25) is 14.4 Å². The van der Waals surface area contributed by atoms with Crippen molar-refractivity contribution in [2.45, 2.75) is 38.4 Å². The zero-order chi connectivity index (χ0) is 18.6.